The van der Waals surface area contributed by atoms with Crippen LogP contribution in [0.15, 0.2) is 0 Å². The summed E-state index contributed by atoms with van der Waals surface area (Å²) in [6, 6.07) is -1.42. The zero-order valence-corrected chi connectivity index (χ0v) is 26.6. The minimum absolute atomic E-state index is 0.0138. The van der Waals surface area contributed by atoms with E-state index in [4.69, 9.17) is 15.2 Å². The molecule has 0 aliphatic carbocycles. The molecule has 1 heterocycles. The summed E-state index contributed by atoms with van der Waals surface area (Å²) in [5.74, 6) is -1.78. The van der Waals surface area contributed by atoms with E-state index < -0.39 is 41.7 Å². The second kappa shape index (κ2) is 15.7. The molecule has 0 aromatic rings. The van der Waals surface area contributed by atoms with Crippen LogP contribution >= 0.6 is 0 Å². The third kappa shape index (κ3) is 8.63. The molecule has 0 bridgehead atoms. The van der Waals surface area contributed by atoms with Crippen LogP contribution in [0.5, 0.6) is 0 Å². The van der Waals surface area contributed by atoms with E-state index in [9.17, 15) is 19.2 Å². The topological polar surface area (TPSA) is 143 Å². The van der Waals surface area contributed by atoms with E-state index in [-0.39, 0.29) is 42.0 Å². The summed E-state index contributed by atoms with van der Waals surface area (Å²) in [4.78, 5) is 55.8. The van der Waals surface area contributed by atoms with E-state index in [1.165, 1.54) is 7.11 Å². The zero-order chi connectivity index (χ0) is 30.9. The van der Waals surface area contributed by atoms with Crippen molar-refractivity contribution in [1.29, 1.82) is 0 Å². The molecule has 1 rings (SSSR count). The molecular formula is C29H55N5O6. The molecule has 7 unspecified atom stereocenters. The Morgan fingerprint density at radius 1 is 1.10 bits per heavy atom. The van der Waals surface area contributed by atoms with Crippen molar-refractivity contribution < 1.29 is 28.7 Å². The van der Waals surface area contributed by atoms with Crippen molar-refractivity contribution in [3.8, 4) is 0 Å². The number of nitrogens with zero attached hydrogens (tertiary/aromatic N) is 2. The summed E-state index contributed by atoms with van der Waals surface area (Å²) in [6.45, 7) is 13.6. The van der Waals surface area contributed by atoms with Gasteiger partial charge in [-0.05, 0) is 45.6 Å². The number of likely N-dealkylation sites (tertiary alicyclic amines) is 1. The number of ether oxygens (including phenoxy) is 2. The number of methoxy groups -OCH3 is 2. The zero-order valence-electron chi connectivity index (χ0n) is 26.6. The molecule has 4 amide bonds. The van der Waals surface area contributed by atoms with Crippen LogP contribution in [0.2, 0.25) is 0 Å². The maximum Gasteiger partial charge on any atom is 0.245 e. The smallest absolute Gasteiger partial charge is 0.245 e. The van der Waals surface area contributed by atoms with Gasteiger partial charge in [0.2, 0.25) is 23.6 Å². The van der Waals surface area contributed by atoms with Gasteiger partial charge in [0.15, 0.2) is 0 Å². The maximum absolute atomic E-state index is 13.9. The van der Waals surface area contributed by atoms with Gasteiger partial charge in [-0.15, -0.1) is 0 Å². The molecule has 0 aromatic heterocycles. The van der Waals surface area contributed by atoms with E-state index in [2.05, 4.69) is 10.6 Å². The number of amides is 4. The quantitative estimate of drug-likeness (QED) is 0.256. The Morgan fingerprint density at radius 2 is 1.70 bits per heavy atom. The van der Waals surface area contributed by atoms with Crippen molar-refractivity contribution in [1.82, 2.24) is 20.4 Å². The largest absolute Gasteiger partial charge is 0.379 e. The van der Waals surface area contributed by atoms with Crippen molar-refractivity contribution in [2.24, 2.45) is 23.5 Å². The molecule has 7 atom stereocenters. The van der Waals surface area contributed by atoms with E-state index in [0.717, 1.165) is 12.8 Å². The minimum atomic E-state index is -0.845. The first-order valence-corrected chi connectivity index (χ1v) is 14.5. The average molecular weight is 570 g/mol. The van der Waals surface area contributed by atoms with Gasteiger partial charge in [-0.2, -0.15) is 0 Å². The first-order chi connectivity index (χ1) is 18.6. The number of carbonyl (C=O) groups excluding carboxylic acids is 4. The van der Waals surface area contributed by atoms with Gasteiger partial charge in [0.1, 0.15) is 6.04 Å². The van der Waals surface area contributed by atoms with Crippen molar-refractivity contribution >= 4 is 23.6 Å². The lowest BCUT2D eigenvalue weighted by Crippen LogP contribution is -2.61. The van der Waals surface area contributed by atoms with Gasteiger partial charge in [-0.1, -0.05) is 41.0 Å². The van der Waals surface area contributed by atoms with Gasteiger partial charge in [0.25, 0.3) is 0 Å². The van der Waals surface area contributed by atoms with Gasteiger partial charge >= 0.3 is 0 Å². The van der Waals surface area contributed by atoms with Crippen LogP contribution < -0.4 is 16.4 Å². The lowest BCUT2D eigenvalue weighted by atomic mass is 9.89. The monoisotopic (exact) mass is 569 g/mol. The third-order valence-electron chi connectivity index (χ3n) is 8.71. The van der Waals surface area contributed by atoms with Gasteiger partial charge in [-0.3, -0.25) is 19.2 Å². The Balaban J connectivity index is 3.24. The van der Waals surface area contributed by atoms with Crippen molar-refractivity contribution in [3.63, 3.8) is 0 Å². The maximum atomic E-state index is 13.9. The summed E-state index contributed by atoms with van der Waals surface area (Å²) in [5.41, 5.74) is 4.71. The Labute approximate surface area is 241 Å². The van der Waals surface area contributed by atoms with Crippen LogP contribution in [0.1, 0.15) is 74.1 Å². The number of carbonyl (C=O) groups is 4. The summed E-state index contributed by atoms with van der Waals surface area (Å²) in [6.07, 6.45) is 1.25. The number of nitrogens with two attached hydrogens (primary N) is 1. The summed E-state index contributed by atoms with van der Waals surface area (Å²) >= 11 is 0. The summed E-state index contributed by atoms with van der Waals surface area (Å²) in [5, 5.41) is 5.90. The summed E-state index contributed by atoms with van der Waals surface area (Å²) in [7, 11) is 6.50. The standard InChI is InChI=1S/C29H55N5O6/c1-12-18(4)24(33(9)27(37)23(17(2)3)32-28(38)29(6,7)31-8)21(39-10)16-22(35)34-15-13-14-20(34)25(40-11)19(5)26(30)36/h17-21,23-25,31H,12-16H2,1-11H3,(H2,30,36)(H,32,38). The molecular weight excluding hydrogens is 514 g/mol. The van der Waals surface area contributed by atoms with Crippen molar-refractivity contribution in [3.05, 3.63) is 0 Å². The molecule has 1 saturated heterocycles. The fraction of sp³-hybridized carbons (Fsp3) is 0.862. The normalized spacial score (nSPS) is 20.4. The Morgan fingerprint density at radius 3 is 2.15 bits per heavy atom. The average Bonchev–Trinajstić information content (AvgIpc) is 3.39. The second-order valence-corrected chi connectivity index (χ2v) is 12.1. The number of nitrogens with one attached hydrogen (secondary N) is 2. The molecule has 4 N–H and O–H groups in total. The first kappa shape index (κ1) is 35.8. The van der Waals surface area contributed by atoms with E-state index >= 15 is 0 Å². The van der Waals surface area contributed by atoms with Crippen LogP contribution in [-0.2, 0) is 28.7 Å². The molecule has 11 nitrogen and oxygen atoms in total. The van der Waals surface area contributed by atoms with E-state index in [1.54, 1.807) is 51.8 Å². The number of hydrogen-bond acceptors (Lipinski definition) is 7. The van der Waals surface area contributed by atoms with Crippen LogP contribution in [0.3, 0.4) is 0 Å². The molecule has 11 heteroatoms. The molecule has 40 heavy (non-hydrogen) atoms. The highest BCUT2D eigenvalue weighted by Gasteiger charge is 2.42. The predicted molar refractivity (Wildman–Crippen MR) is 155 cm³/mol. The van der Waals surface area contributed by atoms with E-state index in [1.807, 2.05) is 27.7 Å². The van der Waals surface area contributed by atoms with E-state index in [0.29, 0.717) is 13.0 Å². The fourth-order valence-corrected chi connectivity index (χ4v) is 5.49. The molecule has 232 valence electrons. The van der Waals surface area contributed by atoms with Gasteiger partial charge in [0.05, 0.1) is 42.2 Å². The number of likely N-dealkylation sites (N-methyl/N-ethyl adjacent to an activating group) is 2. The van der Waals surface area contributed by atoms with Crippen LogP contribution in [0.4, 0.5) is 0 Å². The number of hydrogen-bond donors (Lipinski definition) is 3. The van der Waals surface area contributed by atoms with Gasteiger partial charge < -0.3 is 35.6 Å². The molecule has 0 aromatic carbocycles. The fourth-order valence-electron chi connectivity index (χ4n) is 5.49. The van der Waals surface area contributed by atoms with Crippen molar-refractivity contribution in [2.45, 2.75) is 110 Å². The first-order valence-electron chi connectivity index (χ1n) is 14.5. The SMILES string of the molecule is CCC(C)C(C(CC(=O)N1CCCC1C(OC)C(C)C(N)=O)OC)N(C)C(=O)C(NC(=O)C(C)(C)NC)C(C)C. The predicted octanol–water partition coefficient (Wildman–Crippen LogP) is 1.53. The summed E-state index contributed by atoms with van der Waals surface area (Å²) < 4.78 is 11.5. The third-order valence-corrected chi connectivity index (χ3v) is 8.71. The van der Waals surface area contributed by atoms with Crippen molar-refractivity contribution in [2.75, 3.05) is 34.9 Å². The number of primary amides is 1. The molecule has 0 spiro atoms. The van der Waals surface area contributed by atoms with Crippen LogP contribution in [0.25, 0.3) is 0 Å². The molecule has 1 aliphatic heterocycles. The lowest BCUT2D eigenvalue weighted by molar-refractivity contribution is -0.147. The molecule has 1 fully saturated rings. The highest BCUT2D eigenvalue weighted by atomic mass is 16.5. The molecule has 0 saturated carbocycles. The second-order valence-electron chi connectivity index (χ2n) is 12.1. The number of rotatable bonds is 16. The van der Waals surface area contributed by atoms with Crippen LogP contribution in [0, 0.1) is 17.8 Å². The van der Waals surface area contributed by atoms with Crippen LogP contribution in [-0.4, -0.2) is 104 Å². The Kier molecular flexibility index (Phi) is 14.0. The Hall–Kier alpha value is -2.24. The highest BCUT2D eigenvalue weighted by Crippen LogP contribution is 2.29. The van der Waals surface area contributed by atoms with Gasteiger partial charge in [-0.25, -0.2) is 0 Å². The Bertz CT molecular complexity index is 866. The highest BCUT2D eigenvalue weighted by molar-refractivity contribution is 5.92. The minimum Gasteiger partial charge on any atom is -0.379 e. The lowest BCUT2D eigenvalue weighted by Gasteiger charge is -2.41. The van der Waals surface area contributed by atoms with Gasteiger partial charge in [0, 0.05) is 27.8 Å². The molecule has 1 aliphatic rings. The molecule has 0 radical (unpaired) electrons.